The van der Waals surface area contributed by atoms with Gasteiger partial charge in [0.2, 0.25) is 5.95 Å². The van der Waals surface area contributed by atoms with E-state index in [9.17, 15) is 4.79 Å². The number of aryl methyl sites for hydroxylation is 1. The first-order chi connectivity index (χ1) is 9.11. The lowest BCUT2D eigenvalue weighted by atomic mass is 10.1. The van der Waals surface area contributed by atoms with Gasteiger partial charge in [-0.05, 0) is 12.5 Å². The lowest BCUT2D eigenvalue weighted by Gasteiger charge is -2.02. The molecule has 6 heteroatoms. The Morgan fingerprint density at radius 3 is 2.95 bits per heavy atom. The third kappa shape index (κ3) is 2.20. The minimum Gasteiger partial charge on any atom is -0.368 e. The minimum absolute atomic E-state index is 0.178. The number of anilines is 1. The zero-order valence-corrected chi connectivity index (χ0v) is 10.4. The second kappa shape index (κ2) is 4.24. The van der Waals surface area contributed by atoms with Gasteiger partial charge in [0.1, 0.15) is 0 Å². The number of hydrogen-bond acceptors (Lipinski definition) is 4. The van der Waals surface area contributed by atoms with E-state index in [1.807, 2.05) is 25.1 Å². The molecule has 96 valence electrons. The second-order valence-corrected chi connectivity index (χ2v) is 4.50. The van der Waals surface area contributed by atoms with E-state index in [-0.39, 0.29) is 11.5 Å². The Morgan fingerprint density at radius 1 is 1.32 bits per heavy atom. The zero-order valence-electron chi connectivity index (χ0n) is 10.4. The average molecular weight is 255 g/mol. The number of hydrogen-bond donors (Lipinski definition) is 2. The Kier molecular flexibility index (Phi) is 2.56. The molecule has 1 aromatic carbocycles. The molecule has 0 atom stereocenters. The number of H-pyrrole nitrogens is 1. The van der Waals surface area contributed by atoms with Gasteiger partial charge in [-0.15, -0.1) is 0 Å². The van der Waals surface area contributed by atoms with E-state index in [1.165, 1.54) is 16.1 Å². The molecule has 3 aromatic rings. The van der Waals surface area contributed by atoms with Crippen molar-refractivity contribution in [1.82, 2.24) is 19.6 Å². The summed E-state index contributed by atoms with van der Waals surface area (Å²) in [5.74, 6) is 0.477. The van der Waals surface area contributed by atoms with E-state index in [0.29, 0.717) is 17.9 Å². The highest BCUT2D eigenvalue weighted by atomic mass is 16.1. The Morgan fingerprint density at radius 2 is 2.16 bits per heavy atom. The molecule has 0 fully saturated rings. The summed E-state index contributed by atoms with van der Waals surface area (Å²) in [5, 5.41) is 2.64. The summed E-state index contributed by atoms with van der Waals surface area (Å²) in [6.45, 7) is 2.03. The standard InChI is InChI=1S/C13H13N5O/c1-8-3-2-4-9(5-8)6-10-7-11(19)18-13(15-10)16-12(14)17-18/h2-5,7H,6H2,1H3,(H3,14,15,16,17). The first kappa shape index (κ1) is 11.5. The van der Waals surface area contributed by atoms with Crippen molar-refractivity contribution in [3.63, 3.8) is 0 Å². The molecule has 0 aliphatic rings. The Hall–Kier alpha value is -2.63. The van der Waals surface area contributed by atoms with E-state index in [4.69, 9.17) is 5.73 Å². The van der Waals surface area contributed by atoms with Crippen LogP contribution in [0.25, 0.3) is 5.78 Å². The maximum Gasteiger partial charge on any atom is 0.274 e. The van der Waals surface area contributed by atoms with Crippen LogP contribution in [0, 0.1) is 6.92 Å². The van der Waals surface area contributed by atoms with E-state index in [1.54, 1.807) is 0 Å². The highest BCUT2D eigenvalue weighted by Gasteiger charge is 2.07. The molecule has 0 amide bonds. The minimum atomic E-state index is -0.211. The first-order valence-electron chi connectivity index (χ1n) is 5.91. The van der Waals surface area contributed by atoms with Crippen molar-refractivity contribution in [2.24, 2.45) is 0 Å². The van der Waals surface area contributed by atoms with Crippen LogP contribution in [0.15, 0.2) is 35.1 Å². The van der Waals surface area contributed by atoms with Gasteiger partial charge in [0, 0.05) is 12.5 Å². The predicted octanol–water partition coefficient (Wildman–Crippen LogP) is 0.899. The fraction of sp³-hybridized carbons (Fsp3) is 0.154. The lowest BCUT2D eigenvalue weighted by Crippen LogP contribution is -2.16. The summed E-state index contributed by atoms with van der Waals surface area (Å²) >= 11 is 0. The van der Waals surface area contributed by atoms with Gasteiger partial charge in [-0.2, -0.15) is 9.50 Å². The number of aromatic nitrogens is 4. The normalized spacial score (nSPS) is 11.0. The molecule has 0 saturated heterocycles. The number of nitrogen functional groups attached to an aromatic ring is 1. The molecule has 0 saturated carbocycles. The highest BCUT2D eigenvalue weighted by molar-refractivity contribution is 5.35. The molecule has 0 bridgehead atoms. The fourth-order valence-corrected chi connectivity index (χ4v) is 2.07. The predicted molar refractivity (Wildman–Crippen MR) is 72.0 cm³/mol. The van der Waals surface area contributed by atoms with Crippen LogP contribution in [0.4, 0.5) is 5.95 Å². The van der Waals surface area contributed by atoms with Crippen LogP contribution < -0.4 is 11.3 Å². The monoisotopic (exact) mass is 255 g/mol. The van der Waals surface area contributed by atoms with Crippen LogP contribution in [0.1, 0.15) is 16.8 Å². The number of aromatic amines is 1. The average Bonchev–Trinajstić information content (AvgIpc) is 2.70. The van der Waals surface area contributed by atoms with Gasteiger partial charge in [0.15, 0.2) is 0 Å². The number of nitrogens with two attached hydrogens (primary N) is 1. The number of fused-ring (bicyclic) bond motifs is 1. The molecule has 6 nitrogen and oxygen atoms in total. The maximum atomic E-state index is 11.9. The number of nitrogens with one attached hydrogen (secondary N) is 1. The summed E-state index contributed by atoms with van der Waals surface area (Å²) in [4.78, 5) is 20.2. The topological polar surface area (TPSA) is 89.1 Å². The van der Waals surface area contributed by atoms with Crippen molar-refractivity contribution in [2.45, 2.75) is 13.3 Å². The maximum absolute atomic E-state index is 11.9. The van der Waals surface area contributed by atoms with Crippen LogP contribution in [-0.2, 0) is 6.42 Å². The molecule has 2 heterocycles. The third-order valence-electron chi connectivity index (χ3n) is 2.87. The summed E-state index contributed by atoms with van der Waals surface area (Å²) in [6.07, 6.45) is 0.597. The molecule has 0 spiro atoms. The van der Waals surface area contributed by atoms with Crippen LogP contribution >= 0.6 is 0 Å². The van der Waals surface area contributed by atoms with Crippen LogP contribution in [-0.4, -0.2) is 19.6 Å². The van der Waals surface area contributed by atoms with Gasteiger partial charge in [0.05, 0.1) is 5.69 Å². The smallest absolute Gasteiger partial charge is 0.274 e. The summed E-state index contributed by atoms with van der Waals surface area (Å²) in [6, 6.07) is 9.59. The largest absolute Gasteiger partial charge is 0.368 e. The zero-order chi connectivity index (χ0) is 13.4. The second-order valence-electron chi connectivity index (χ2n) is 4.50. The summed E-state index contributed by atoms with van der Waals surface area (Å²) < 4.78 is 1.23. The Bertz CT molecular complexity index is 802. The summed E-state index contributed by atoms with van der Waals surface area (Å²) in [7, 11) is 0. The molecule has 0 aliphatic heterocycles. The van der Waals surface area contributed by atoms with Gasteiger partial charge in [-0.25, -0.2) is 4.98 Å². The lowest BCUT2D eigenvalue weighted by molar-refractivity contribution is 0.883. The SMILES string of the molecule is Cc1cccc(Cc2cc(=O)n3[nH]c(N)nc3n2)c1. The quantitative estimate of drug-likeness (QED) is 0.712. The van der Waals surface area contributed by atoms with Gasteiger partial charge in [0.25, 0.3) is 11.3 Å². The molecule has 0 aliphatic carbocycles. The van der Waals surface area contributed by atoms with E-state index in [2.05, 4.69) is 21.1 Å². The van der Waals surface area contributed by atoms with Crippen molar-refractivity contribution in [3.8, 4) is 0 Å². The van der Waals surface area contributed by atoms with Crippen LogP contribution in [0.5, 0.6) is 0 Å². The molecule has 2 aromatic heterocycles. The van der Waals surface area contributed by atoms with E-state index >= 15 is 0 Å². The van der Waals surface area contributed by atoms with Crippen molar-refractivity contribution in [1.29, 1.82) is 0 Å². The molecule has 0 radical (unpaired) electrons. The van der Waals surface area contributed by atoms with Crippen LogP contribution in [0.3, 0.4) is 0 Å². The molecule has 0 unspecified atom stereocenters. The molecule has 3 N–H and O–H groups in total. The Labute approximate surface area is 108 Å². The van der Waals surface area contributed by atoms with Gasteiger partial charge in [-0.1, -0.05) is 29.8 Å². The molecular formula is C13H13N5O. The first-order valence-corrected chi connectivity index (χ1v) is 5.91. The van der Waals surface area contributed by atoms with Crippen molar-refractivity contribution in [2.75, 3.05) is 5.73 Å². The van der Waals surface area contributed by atoms with Gasteiger partial charge in [-0.3, -0.25) is 9.89 Å². The van der Waals surface area contributed by atoms with Crippen molar-refractivity contribution >= 4 is 11.7 Å². The number of rotatable bonds is 2. The third-order valence-corrected chi connectivity index (χ3v) is 2.87. The molecule has 3 rings (SSSR count). The number of benzene rings is 1. The summed E-state index contributed by atoms with van der Waals surface area (Å²) in [5.41, 5.74) is 8.28. The van der Waals surface area contributed by atoms with Crippen LogP contribution in [0.2, 0.25) is 0 Å². The molecule has 19 heavy (non-hydrogen) atoms. The highest BCUT2D eigenvalue weighted by Crippen LogP contribution is 2.09. The van der Waals surface area contributed by atoms with Gasteiger partial charge >= 0.3 is 0 Å². The van der Waals surface area contributed by atoms with Crippen molar-refractivity contribution in [3.05, 3.63) is 57.5 Å². The van der Waals surface area contributed by atoms with E-state index < -0.39 is 0 Å². The van der Waals surface area contributed by atoms with E-state index in [0.717, 1.165) is 5.56 Å². The molecular weight excluding hydrogens is 242 g/mol. The number of nitrogens with zero attached hydrogens (tertiary/aromatic N) is 3. The van der Waals surface area contributed by atoms with Crippen molar-refractivity contribution < 1.29 is 0 Å². The fourth-order valence-electron chi connectivity index (χ4n) is 2.07. The Balaban J connectivity index is 2.04. The van der Waals surface area contributed by atoms with Gasteiger partial charge < -0.3 is 5.73 Å².